The SMILES string of the molecule is Cc1ccc(/C=C/CC2CCCCC2)cc1NC(=O)c1ccccc1. The number of rotatable bonds is 5. The summed E-state index contributed by atoms with van der Waals surface area (Å²) in [5.74, 6) is 0.791. The van der Waals surface area contributed by atoms with E-state index in [1.807, 2.05) is 37.3 Å². The predicted molar refractivity (Wildman–Crippen MR) is 106 cm³/mol. The maximum Gasteiger partial charge on any atom is 0.255 e. The van der Waals surface area contributed by atoms with Crippen LogP contribution in [0.5, 0.6) is 0 Å². The highest BCUT2D eigenvalue weighted by atomic mass is 16.1. The van der Waals surface area contributed by atoms with E-state index < -0.39 is 0 Å². The van der Waals surface area contributed by atoms with Gasteiger partial charge in [0.2, 0.25) is 0 Å². The van der Waals surface area contributed by atoms with Crippen LogP contribution in [0.25, 0.3) is 6.08 Å². The summed E-state index contributed by atoms with van der Waals surface area (Å²) in [6.07, 6.45) is 12.6. The van der Waals surface area contributed by atoms with Crippen LogP contribution in [-0.4, -0.2) is 5.91 Å². The van der Waals surface area contributed by atoms with Crippen LogP contribution in [0.1, 0.15) is 60.0 Å². The summed E-state index contributed by atoms with van der Waals surface area (Å²) in [7, 11) is 0. The lowest BCUT2D eigenvalue weighted by atomic mass is 9.87. The van der Waals surface area contributed by atoms with E-state index in [1.165, 1.54) is 38.5 Å². The Morgan fingerprint density at radius 2 is 1.84 bits per heavy atom. The highest BCUT2D eigenvalue weighted by Gasteiger charge is 2.11. The van der Waals surface area contributed by atoms with Crippen molar-refractivity contribution in [1.82, 2.24) is 0 Å². The van der Waals surface area contributed by atoms with Crippen molar-refractivity contribution < 1.29 is 4.79 Å². The molecule has 0 saturated heterocycles. The van der Waals surface area contributed by atoms with E-state index in [4.69, 9.17) is 0 Å². The number of aryl methyl sites for hydroxylation is 1. The second-order valence-corrected chi connectivity index (χ2v) is 7.04. The van der Waals surface area contributed by atoms with Gasteiger partial charge in [0.05, 0.1) is 0 Å². The van der Waals surface area contributed by atoms with E-state index in [1.54, 1.807) is 0 Å². The second-order valence-electron chi connectivity index (χ2n) is 7.04. The maximum atomic E-state index is 12.4. The molecule has 25 heavy (non-hydrogen) atoms. The number of carbonyl (C=O) groups excluding carboxylic acids is 1. The number of anilines is 1. The molecule has 0 aromatic heterocycles. The Hall–Kier alpha value is -2.35. The third kappa shape index (κ3) is 5.06. The molecule has 1 saturated carbocycles. The zero-order valence-electron chi connectivity index (χ0n) is 15.0. The van der Waals surface area contributed by atoms with Gasteiger partial charge in [0.25, 0.3) is 5.91 Å². The molecule has 130 valence electrons. The van der Waals surface area contributed by atoms with Gasteiger partial charge in [-0.05, 0) is 48.6 Å². The van der Waals surface area contributed by atoms with E-state index in [-0.39, 0.29) is 5.91 Å². The van der Waals surface area contributed by atoms with Gasteiger partial charge in [0.1, 0.15) is 0 Å². The molecule has 1 fully saturated rings. The Labute approximate surface area is 151 Å². The highest BCUT2D eigenvalue weighted by molar-refractivity contribution is 6.04. The van der Waals surface area contributed by atoms with Gasteiger partial charge in [0.15, 0.2) is 0 Å². The first-order chi connectivity index (χ1) is 12.2. The van der Waals surface area contributed by atoms with Crippen LogP contribution >= 0.6 is 0 Å². The molecule has 2 heteroatoms. The summed E-state index contributed by atoms with van der Waals surface area (Å²) in [6.45, 7) is 2.02. The maximum absolute atomic E-state index is 12.4. The van der Waals surface area contributed by atoms with E-state index >= 15 is 0 Å². The fourth-order valence-electron chi connectivity index (χ4n) is 3.48. The number of nitrogens with one attached hydrogen (secondary N) is 1. The van der Waals surface area contributed by atoms with Crippen LogP contribution in [0.2, 0.25) is 0 Å². The van der Waals surface area contributed by atoms with Crippen LogP contribution in [0.4, 0.5) is 5.69 Å². The van der Waals surface area contributed by atoms with Crippen molar-refractivity contribution in [2.45, 2.75) is 45.4 Å². The van der Waals surface area contributed by atoms with E-state index in [0.717, 1.165) is 22.7 Å². The third-order valence-corrected chi connectivity index (χ3v) is 5.05. The Morgan fingerprint density at radius 1 is 1.08 bits per heavy atom. The molecule has 0 aliphatic heterocycles. The molecule has 1 N–H and O–H groups in total. The first kappa shape index (κ1) is 17.5. The minimum atomic E-state index is -0.0629. The Morgan fingerprint density at radius 3 is 2.60 bits per heavy atom. The molecular formula is C23H27NO. The summed E-state index contributed by atoms with van der Waals surface area (Å²) in [6, 6.07) is 15.6. The second kappa shape index (κ2) is 8.66. The zero-order valence-corrected chi connectivity index (χ0v) is 15.0. The Bertz CT molecular complexity index is 727. The number of carbonyl (C=O) groups is 1. The average Bonchev–Trinajstić information content (AvgIpc) is 2.66. The van der Waals surface area contributed by atoms with Crippen LogP contribution < -0.4 is 5.32 Å². The topological polar surface area (TPSA) is 29.1 Å². The lowest BCUT2D eigenvalue weighted by Crippen LogP contribution is -2.12. The number of hydrogen-bond acceptors (Lipinski definition) is 1. The monoisotopic (exact) mass is 333 g/mol. The number of amides is 1. The molecule has 1 aliphatic rings. The van der Waals surface area contributed by atoms with E-state index in [2.05, 4.69) is 35.7 Å². The summed E-state index contributed by atoms with van der Waals surface area (Å²) in [5, 5.41) is 3.03. The molecule has 0 heterocycles. The average molecular weight is 333 g/mol. The summed E-state index contributed by atoms with van der Waals surface area (Å²) < 4.78 is 0. The largest absolute Gasteiger partial charge is 0.322 e. The minimum Gasteiger partial charge on any atom is -0.322 e. The molecule has 0 spiro atoms. The van der Waals surface area contributed by atoms with Gasteiger partial charge >= 0.3 is 0 Å². The zero-order chi connectivity index (χ0) is 17.5. The molecule has 2 nitrogen and oxygen atoms in total. The van der Waals surface area contributed by atoms with Crippen molar-refractivity contribution in [3.8, 4) is 0 Å². The van der Waals surface area contributed by atoms with Gasteiger partial charge in [-0.15, -0.1) is 0 Å². The predicted octanol–water partition coefficient (Wildman–Crippen LogP) is 6.23. The van der Waals surface area contributed by atoms with Gasteiger partial charge in [-0.3, -0.25) is 4.79 Å². The smallest absolute Gasteiger partial charge is 0.255 e. The van der Waals surface area contributed by atoms with Gasteiger partial charge in [-0.1, -0.05) is 74.6 Å². The molecule has 0 atom stereocenters. The summed E-state index contributed by atoms with van der Waals surface area (Å²) >= 11 is 0. The molecule has 0 radical (unpaired) electrons. The van der Waals surface area contributed by atoms with Crippen LogP contribution in [0, 0.1) is 12.8 Å². The highest BCUT2D eigenvalue weighted by Crippen LogP contribution is 2.27. The van der Waals surface area contributed by atoms with Crippen LogP contribution in [0.15, 0.2) is 54.6 Å². The van der Waals surface area contributed by atoms with Gasteiger partial charge in [-0.2, -0.15) is 0 Å². The van der Waals surface area contributed by atoms with Crippen LogP contribution in [0.3, 0.4) is 0 Å². The van der Waals surface area contributed by atoms with Crippen molar-refractivity contribution >= 4 is 17.7 Å². The molecule has 3 rings (SSSR count). The minimum absolute atomic E-state index is 0.0629. The van der Waals surface area contributed by atoms with Crippen molar-refractivity contribution in [3.63, 3.8) is 0 Å². The Kier molecular flexibility index (Phi) is 6.05. The van der Waals surface area contributed by atoms with Crippen molar-refractivity contribution in [2.24, 2.45) is 5.92 Å². The lowest BCUT2D eigenvalue weighted by molar-refractivity contribution is 0.102. The first-order valence-electron chi connectivity index (χ1n) is 9.36. The summed E-state index contributed by atoms with van der Waals surface area (Å²) in [4.78, 5) is 12.4. The quantitative estimate of drug-likeness (QED) is 0.690. The molecule has 2 aromatic carbocycles. The molecule has 1 aliphatic carbocycles. The van der Waals surface area contributed by atoms with Crippen molar-refractivity contribution in [1.29, 1.82) is 0 Å². The Balaban J connectivity index is 1.64. The molecule has 0 bridgehead atoms. The molecule has 0 unspecified atom stereocenters. The standard InChI is InChI=1S/C23H27NO/c1-18-15-16-20(12-8-11-19-9-4-2-5-10-19)17-22(18)24-23(25)21-13-6-3-7-14-21/h3,6-8,12-17,19H,2,4-5,9-11H2,1H3,(H,24,25)/b12-8+. The van der Waals surface area contributed by atoms with Gasteiger partial charge < -0.3 is 5.32 Å². The number of benzene rings is 2. The summed E-state index contributed by atoms with van der Waals surface area (Å²) in [5.41, 5.74) is 3.78. The third-order valence-electron chi connectivity index (χ3n) is 5.05. The fourth-order valence-corrected chi connectivity index (χ4v) is 3.48. The molecule has 2 aromatic rings. The van der Waals surface area contributed by atoms with Crippen molar-refractivity contribution in [3.05, 3.63) is 71.3 Å². The van der Waals surface area contributed by atoms with Crippen LogP contribution in [-0.2, 0) is 0 Å². The number of hydrogen-bond donors (Lipinski definition) is 1. The number of allylic oxidation sites excluding steroid dienone is 1. The lowest BCUT2D eigenvalue weighted by Gasteiger charge is -2.19. The molecular weight excluding hydrogens is 306 g/mol. The molecule has 1 amide bonds. The van der Waals surface area contributed by atoms with Gasteiger partial charge in [-0.25, -0.2) is 0 Å². The van der Waals surface area contributed by atoms with E-state index in [0.29, 0.717) is 5.56 Å². The fraction of sp³-hybridized carbons (Fsp3) is 0.348. The van der Waals surface area contributed by atoms with Crippen molar-refractivity contribution in [2.75, 3.05) is 5.32 Å². The van der Waals surface area contributed by atoms with Gasteiger partial charge in [0, 0.05) is 11.3 Å². The first-order valence-corrected chi connectivity index (χ1v) is 9.36. The van der Waals surface area contributed by atoms with E-state index in [9.17, 15) is 4.79 Å². The normalized spacial score (nSPS) is 15.4.